The molecule has 0 radical (unpaired) electrons. The van der Waals surface area contributed by atoms with E-state index in [9.17, 15) is 4.79 Å². The molecule has 4 heteroatoms. The number of hydrogen-bond donors (Lipinski definition) is 3. The molecule has 0 heterocycles. The summed E-state index contributed by atoms with van der Waals surface area (Å²) in [5.74, 6) is 3.53. The maximum Gasteiger partial charge on any atom is 0.153 e. The lowest BCUT2D eigenvalue weighted by molar-refractivity contribution is 0.112. The number of benzene rings is 1. The van der Waals surface area contributed by atoms with E-state index in [0.717, 1.165) is 0 Å². The number of carbonyl (C=O) groups is 1. The first-order chi connectivity index (χ1) is 5.34. The number of aldehydes is 1. The van der Waals surface area contributed by atoms with Gasteiger partial charge in [0.1, 0.15) is 5.75 Å². The number of hydrogen-bond acceptors (Lipinski definition) is 4. The highest BCUT2D eigenvalue weighted by Crippen LogP contribution is 2.11. The van der Waals surface area contributed by atoms with Crippen molar-refractivity contribution < 1.29 is 15.1 Å². The van der Waals surface area contributed by atoms with Gasteiger partial charge in [-0.1, -0.05) is 12.1 Å². The molecule has 0 saturated heterocycles. The predicted molar refractivity (Wildman–Crippen MR) is 39.5 cm³/mol. The molecule has 0 fully saturated rings. The van der Waals surface area contributed by atoms with Crippen LogP contribution in [0.5, 0.6) is 5.75 Å². The molecule has 0 spiro atoms. The van der Waals surface area contributed by atoms with Crippen molar-refractivity contribution >= 4 is 6.29 Å². The summed E-state index contributed by atoms with van der Waals surface area (Å²) in [5, 5.41) is 15.4. The van der Waals surface area contributed by atoms with Gasteiger partial charge in [-0.25, -0.2) is 5.90 Å². The zero-order valence-corrected chi connectivity index (χ0v) is 5.77. The molecule has 0 aromatic heterocycles. The maximum absolute atomic E-state index is 10.1. The third kappa shape index (κ3) is 2.79. The maximum atomic E-state index is 10.1. The molecule has 1 aromatic rings. The molecular weight excluding hydrogens is 146 g/mol. The van der Waals surface area contributed by atoms with E-state index in [1.807, 2.05) is 0 Å². The Balaban J connectivity index is 0.000000461. The van der Waals surface area contributed by atoms with E-state index in [0.29, 0.717) is 11.8 Å². The highest BCUT2D eigenvalue weighted by atomic mass is 16.4. The average Bonchev–Trinajstić information content (AvgIpc) is 2.09. The van der Waals surface area contributed by atoms with Crippen LogP contribution in [0.15, 0.2) is 24.3 Å². The summed E-state index contributed by atoms with van der Waals surface area (Å²) in [5.41, 5.74) is 0.331. The van der Waals surface area contributed by atoms with Gasteiger partial charge >= 0.3 is 0 Å². The fraction of sp³-hybridized carbons (Fsp3) is 0. The van der Waals surface area contributed by atoms with Crippen molar-refractivity contribution in [1.29, 1.82) is 0 Å². The van der Waals surface area contributed by atoms with Crippen LogP contribution in [0.2, 0.25) is 0 Å². The van der Waals surface area contributed by atoms with Crippen LogP contribution in [0.4, 0.5) is 0 Å². The Morgan fingerprint density at radius 2 is 1.82 bits per heavy atom. The van der Waals surface area contributed by atoms with Crippen LogP contribution in [0.25, 0.3) is 0 Å². The Labute approximate surface area is 63.8 Å². The Hall–Kier alpha value is -1.39. The molecule has 0 amide bonds. The van der Waals surface area contributed by atoms with E-state index in [2.05, 4.69) is 5.90 Å². The minimum atomic E-state index is 0.0347. The van der Waals surface area contributed by atoms with Gasteiger partial charge < -0.3 is 10.3 Å². The van der Waals surface area contributed by atoms with Crippen LogP contribution in [-0.2, 0) is 0 Å². The summed E-state index contributed by atoms with van der Waals surface area (Å²) >= 11 is 0. The molecule has 0 aliphatic heterocycles. The van der Waals surface area contributed by atoms with Crippen LogP contribution in [0.3, 0.4) is 0 Å². The van der Waals surface area contributed by atoms with Gasteiger partial charge in [-0.3, -0.25) is 4.79 Å². The fourth-order valence-electron chi connectivity index (χ4n) is 0.587. The lowest BCUT2D eigenvalue weighted by Crippen LogP contribution is -1.77. The Bertz CT molecular complexity index is 225. The fourth-order valence-corrected chi connectivity index (χ4v) is 0.587. The zero-order chi connectivity index (χ0) is 8.69. The molecule has 0 bridgehead atoms. The van der Waals surface area contributed by atoms with Gasteiger partial charge in [0.25, 0.3) is 0 Å². The monoisotopic (exact) mass is 155 g/mol. The molecule has 0 saturated carbocycles. The van der Waals surface area contributed by atoms with Gasteiger partial charge in [0.15, 0.2) is 6.29 Å². The van der Waals surface area contributed by atoms with Crippen LogP contribution in [0, 0.1) is 0 Å². The molecular formula is C7H9NO3. The van der Waals surface area contributed by atoms with Gasteiger partial charge in [-0.15, -0.1) is 0 Å². The average molecular weight is 155 g/mol. The van der Waals surface area contributed by atoms with E-state index < -0.39 is 0 Å². The zero-order valence-electron chi connectivity index (χ0n) is 5.77. The van der Waals surface area contributed by atoms with E-state index in [1.165, 1.54) is 6.07 Å². The lowest BCUT2D eigenvalue weighted by atomic mass is 10.2. The third-order valence-corrected chi connectivity index (χ3v) is 1.06. The highest BCUT2D eigenvalue weighted by molar-refractivity contribution is 5.78. The van der Waals surface area contributed by atoms with Crippen LogP contribution in [0.1, 0.15) is 10.4 Å². The molecule has 11 heavy (non-hydrogen) atoms. The summed E-state index contributed by atoms with van der Waals surface area (Å²) < 4.78 is 0. The topological polar surface area (TPSA) is 83.5 Å². The van der Waals surface area contributed by atoms with Crippen molar-refractivity contribution in [2.45, 2.75) is 0 Å². The van der Waals surface area contributed by atoms with Gasteiger partial charge in [0.05, 0.1) is 5.56 Å². The molecule has 0 aliphatic carbocycles. The normalized spacial score (nSPS) is 7.82. The standard InChI is InChI=1S/C7H6O2.H3NO/c8-5-6-3-1-2-4-7(6)9;1-2/h1-5,9H;2H,1H2. The van der Waals surface area contributed by atoms with Crippen molar-refractivity contribution in [2.75, 3.05) is 0 Å². The number of carbonyl (C=O) groups excluding carboxylic acids is 1. The number of aromatic hydroxyl groups is 1. The number of phenolic OH excluding ortho intramolecular Hbond substituents is 1. The molecule has 4 nitrogen and oxygen atoms in total. The highest BCUT2D eigenvalue weighted by Gasteiger charge is 1.93. The van der Waals surface area contributed by atoms with Crippen molar-refractivity contribution in [3.63, 3.8) is 0 Å². The smallest absolute Gasteiger partial charge is 0.153 e. The second-order valence-electron chi connectivity index (χ2n) is 1.68. The van der Waals surface area contributed by atoms with Crippen molar-refractivity contribution in [3.05, 3.63) is 29.8 Å². The Kier molecular flexibility index (Phi) is 4.72. The lowest BCUT2D eigenvalue weighted by Gasteiger charge is -1.91. The van der Waals surface area contributed by atoms with Gasteiger partial charge in [-0.05, 0) is 12.1 Å². The minimum Gasteiger partial charge on any atom is -0.507 e. The van der Waals surface area contributed by atoms with Crippen LogP contribution >= 0.6 is 0 Å². The van der Waals surface area contributed by atoms with Crippen LogP contribution < -0.4 is 5.90 Å². The Morgan fingerprint density at radius 1 is 1.27 bits per heavy atom. The summed E-state index contributed by atoms with van der Waals surface area (Å²) in [6.45, 7) is 0. The van der Waals surface area contributed by atoms with Crippen molar-refractivity contribution in [1.82, 2.24) is 0 Å². The number of para-hydroxylation sites is 1. The quantitative estimate of drug-likeness (QED) is 0.408. The third-order valence-electron chi connectivity index (χ3n) is 1.06. The molecule has 0 aliphatic rings. The van der Waals surface area contributed by atoms with Gasteiger partial charge in [-0.2, -0.15) is 0 Å². The Morgan fingerprint density at radius 3 is 2.18 bits per heavy atom. The van der Waals surface area contributed by atoms with E-state index >= 15 is 0 Å². The second kappa shape index (κ2) is 5.40. The van der Waals surface area contributed by atoms with Gasteiger partial charge in [0.2, 0.25) is 0 Å². The summed E-state index contributed by atoms with van der Waals surface area (Å²) in [4.78, 5) is 10.1. The number of nitrogens with two attached hydrogens (primary N) is 1. The predicted octanol–water partition coefficient (Wildman–Crippen LogP) is 0.539. The van der Waals surface area contributed by atoms with Crippen LogP contribution in [-0.4, -0.2) is 16.6 Å². The summed E-state index contributed by atoms with van der Waals surface area (Å²) in [6, 6.07) is 6.40. The molecule has 1 aromatic carbocycles. The molecule has 0 unspecified atom stereocenters. The summed E-state index contributed by atoms with van der Waals surface area (Å²) in [7, 11) is 0. The molecule has 60 valence electrons. The largest absolute Gasteiger partial charge is 0.507 e. The van der Waals surface area contributed by atoms with Crippen molar-refractivity contribution in [3.8, 4) is 5.75 Å². The molecule has 4 N–H and O–H groups in total. The first kappa shape index (κ1) is 9.61. The SMILES string of the molecule is NO.O=Cc1ccccc1O. The first-order valence-electron chi connectivity index (χ1n) is 2.83. The second-order valence-corrected chi connectivity index (χ2v) is 1.68. The number of rotatable bonds is 1. The van der Waals surface area contributed by atoms with E-state index in [4.69, 9.17) is 10.3 Å². The van der Waals surface area contributed by atoms with Gasteiger partial charge in [0, 0.05) is 0 Å². The molecule has 0 atom stereocenters. The van der Waals surface area contributed by atoms with E-state index in [-0.39, 0.29) is 5.75 Å². The summed E-state index contributed by atoms with van der Waals surface area (Å²) in [6.07, 6.45) is 0.620. The first-order valence-corrected chi connectivity index (χ1v) is 2.83. The number of phenols is 1. The van der Waals surface area contributed by atoms with Crippen molar-refractivity contribution in [2.24, 2.45) is 5.90 Å². The van der Waals surface area contributed by atoms with E-state index in [1.54, 1.807) is 18.2 Å². The molecule has 1 rings (SSSR count). The minimum absolute atomic E-state index is 0.0347.